The van der Waals surface area contributed by atoms with E-state index in [1.165, 1.54) is 0 Å². The van der Waals surface area contributed by atoms with Crippen LogP contribution in [0.3, 0.4) is 0 Å². The highest BCUT2D eigenvalue weighted by molar-refractivity contribution is 6.06. The third kappa shape index (κ3) is 2.14. The molecule has 2 aromatic rings. The van der Waals surface area contributed by atoms with Gasteiger partial charge in [0.05, 0.1) is 17.8 Å². The lowest BCUT2D eigenvalue weighted by molar-refractivity contribution is -0.126. The van der Waals surface area contributed by atoms with Gasteiger partial charge in [-0.2, -0.15) is 0 Å². The number of nitrogens with one attached hydrogen (secondary N) is 1. The number of amides is 3. The van der Waals surface area contributed by atoms with Crippen molar-refractivity contribution in [2.75, 3.05) is 0 Å². The van der Waals surface area contributed by atoms with Crippen molar-refractivity contribution in [1.82, 2.24) is 15.2 Å². The van der Waals surface area contributed by atoms with Gasteiger partial charge in [0, 0.05) is 5.39 Å². The van der Waals surface area contributed by atoms with Crippen LogP contribution in [0.25, 0.3) is 10.9 Å². The number of benzene rings is 1. The molecule has 0 bridgehead atoms. The van der Waals surface area contributed by atoms with E-state index in [0.29, 0.717) is 13.0 Å². The largest absolute Gasteiger partial charge is 0.325 e. The van der Waals surface area contributed by atoms with Crippen molar-refractivity contribution < 1.29 is 9.59 Å². The Hall–Kier alpha value is -2.43. The Kier molecular flexibility index (Phi) is 3.12. The quantitative estimate of drug-likeness (QED) is 0.880. The van der Waals surface area contributed by atoms with Gasteiger partial charge in [-0.05, 0) is 25.5 Å². The minimum absolute atomic E-state index is 0.240. The van der Waals surface area contributed by atoms with E-state index in [9.17, 15) is 9.59 Å². The van der Waals surface area contributed by atoms with Crippen LogP contribution in [0.1, 0.15) is 26.0 Å². The van der Waals surface area contributed by atoms with Crippen molar-refractivity contribution in [2.24, 2.45) is 0 Å². The Morgan fingerprint density at radius 3 is 2.71 bits per heavy atom. The van der Waals surface area contributed by atoms with Gasteiger partial charge in [-0.25, -0.2) is 4.79 Å². The van der Waals surface area contributed by atoms with E-state index < -0.39 is 5.54 Å². The lowest BCUT2D eigenvalue weighted by Gasteiger charge is -2.30. The van der Waals surface area contributed by atoms with E-state index in [1.54, 1.807) is 11.8 Å². The van der Waals surface area contributed by atoms with Crippen LogP contribution in [0.4, 0.5) is 4.79 Å². The number of carbonyl (C=O) groups excluding carboxylic acids is 2. The van der Waals surface area contributed by atoms with Crippen LogP contribution in [0, 0.1) is 0 Å². The smallest absolute Gasteiger partial charge is 0.304 e. The minimum Gasteiger partial charge on any atom is -0.304 e. The highest BCUT2D eigenvalue weighted by Gasteiger charge is 2.47. The van der Waals surface area contributed by atoms with Gasteiger partial charge in [0.15, 0.2) is 0 Å². The first kappa shape index (κ1) is 13.5. The number of hydrogen-bond acceptors (Lipinski definition) is 3. The predicted molar refractivity (Wildman–Crippen MR) is 79.5 cm³/mol. The van der Waals surface area contributed by atoms with Gasteiger partial charge in [0.25, 0.3) is 5.91 Å². The van der Waals surface area contributed by atoms with E-state index in [4.69, 9.17) is 0 Å². The maximum absolute atomic E-state index is 12.0. The Labute approximate surface area is 123 Å². The van der Waals surface area contributed by atoms with Gasteiger partial charge in [-0.3, -0.25) is 15.1 Å². The van der Waals surface area contributed by atoms with Crippen molar-refractivity contribution >= 4 is 22.8 Å². The summed E-state index contributed by atoms with van der Waals surface area (Å²) in [4.78, 5) is 30.1. The normalized spacial score (nSPS) is 21.9. The molecule has 3 amide bonds. The molecule has 1 aliphatic rings. The van der Waals surface area contributed by atoms with Crippen LogP contribution in [-0.2, 0) is 11.3 Å². The van der Waals surface area contributed by atoms with E-state index in [0.717, 1.165) is 16.6 Å². The summed E-state index contributed by atoms with van der Waals surface area (Å²) in [5, 5.41) is 3.44. The summed E-state index contributed by atoms with van der Waals surface area (Å²) in [5.74, 6) is -0.240. The van der Waals surface area contributed by atoms with Crippen molar-refractivity contribution in [1.29, 1.82) is 0 Å². The molecule has 0 spiro atoms. The Morgan fingerprint density at radius 2 is 1.95 bits per heavy atom. The molecule has 1 atom stereocenters. The molecule has 1 aromatic heterocycles. The van der Waals surface area contributed by atoms with E-state index in [-0.39, 0.29) is 11.9 Å². The first-order chi connectivity index (χ1) is 10.0. The number of urea groups is 1. The number of nitrogens with zero attached hydrogens (tertiary/aromatic N) is 2. The van der Waals surface area contributed by atoms with Crippen molar-refractivity contribution in [2.45, 2.75) is 32.4 Å². The average Bonchev–Trinajstić information content (AvgIpc) is 2.71. The molecule has 0 radical (unpaired) electrons. The third-order valence-electron chi connectivity index (χ3n) is 4.22. The molecule has 0 saturated carbocycles. The minimum atomic E-state index is -0.801. The number of hydrogen-bond donors (Lipinski definition) is 1. The van der Waals surface area contributed by atoms with Gasteiger partial charge in [-0.15, -0.1) is 0 Å². The lowest BCUT2D eigenvalue weighted by atomic mass is 9.97. The highest BCUT2D eigenvalue weighted by atomic mass is 16.2. The third-order valence-corrected chi connectivity index (χ3v) is 4.22. The second-order valence-electron chi connectivity index (χ2n) is 5.47. The Morgan fingerprint density at radius 1 is 1.19 bits per heavy atom. The molecule has 1 unspecified atom stereocenters. The highest BCUT2D eigenvalue weighted by Crippen LogP contribution is 2.27. The second kappa shape index (κ2) is 4.84. The number of pyridine rings is 1. The van der Waals surface area contributed by atoms with Crippen LogP contribution in [0.15, 0.2) is 36.4 Å². The average molecular weight is 283 g/mol. The molecule has 108 valence electrons. The fourth-order valence-corrected chi connectivity index (χ4v) is 2.60. The summed E-state index contributed by atoms with van der Waals surface area (Å²) in [6, 6.07) is 11.4. The molecule has 0 aliphatic carbocycles. The number of rotatable bonds is 3. The van der Waals surface area contributed by atoms with Crippen LogP contribution >= 0.6 is 0 Å². The summed E-state index contributed by atoms with van der Waals surface area (Å²) in [6.07, 6.45) is 0.568. The number of imide groups is 1. The van der Waals surface area contributed by atoms with Gasteiger partial charge in [0.1, 0.15) is 5.54 Å². The molecular weight excluding hydrogens is 266 g/mol. The zero-order valence-electron chi connectivity index (χ0n) is 12.1. The van der Waals surface area contributed by atoms with Crippen LogP contribution in [-0.4, -0.2) is 27.4 Å². The van der Waals surface area contributed by atoms with Crippen LogP contribution in [0.5, 0.6) is 0 Å². The topological polar surface area (TPSA) is 62.3 Å². The Bertz CT molecular complexity index is 728. The molecule has 5 nitrogen and oxygen atoms in total. The van der Waals surface area contributed by atoms with Crippen LogP contribution < -0.4 is 5.32 Å². The first-order valence-electron chi connectivity index (χ1n) is 7.02. The number of fused-ring (bicyclic) bond motifs is 1. The zero-order chi connectivity index (χ0) is 15.0. The molecule has 2 heterocycles. The first-order valence-corrected chi connectivity index (χ1v) is 7.02. The molecule has 1 N–H and O–H groups in total. The van der Waals surface area contributed by atoms with Crippen molar-refractivity contribution in [3.05, 3.63) is 42.1 Å². The predicted octanol–water partition coefficient (Wildman–Crippen LogP) is 2.46. The molecule has 1 fully saturated rings. The standard InChI is InChI=1S/C16H17N3O2/c1-3-16(2)14(20)18-15(21)19(16)10-12-9-8-11-6-4-5-7-13(11)17-12/h4-9H,3,10H2,1-2H3,(H,18,20,21). The summed E-state index contributed by atoms with van der Waals surface area (Å²) in [7, 11) is 0. The van der Waals surface area contributed by atoms with E-state index >= 15 is 0 Å². The van der Waals surface area contributed by atoms with Crippen molar-refractivity contribution in [3.63, 3.8) is 0 Å². The van der Waals surface area contributed by atoms with Gasteiger partial charge in [-0.1, -0.05) is 31.2 Å². The summed E-state index contributed by atoms with van der Waals surface area (Å²) in [5.41, 5.74) is 0.863. The number of para-hydroxylation sites is 1. The second-order valence-corrected chi connectivity index (χ2v) is 5.47. The molecule has 1 aliphatic heterocycles. The van der Waals surface area contributed by atoms with E-state index in [2.05, 4.69) is 10.3 Å². The molecule has 5 heteroatoms. The maximum atomic E-state index is 12.0. The fraction of sp³-hybridized carbons (Fsp3) is 0.312. The van der Waals surface area contributed by atoms with Gasteiger partial charge < -0.3 is 4.90 Å². The number of carbonyl (C=O) groups is 2. The Balaban J connectivity index is 1.94. The van der Waals surface area contributed by atoms with Crippen LogP contribution in [0.2, 0.25) is 0 Å². The van der Waals surface area contributed by atoms with Gasteiger partial charge in [0.2, 0.25) is 0 Å². The summed E-state index contributed by atoms with van der Waals surface area (Å²) >= 11 is 0. The summed E-state index contributed by atoms with van der Waals surface area (Å²) in [6.45, 7) is 4.01. The molecular formula is C16H17N3O2. The van der Waals surface area contributed by atoms with Gasteiger partial charge >= 0.3 is 6.03 Å². The maximum Gasteiger partial charge on any atom is 0.325 e. The zero-order valence-corrected chi connectivity index (χ0v) is 12.1. The lowest BCUT2D eigenvalue weighted by Crippen LogP contribution is -2.46. The molecule has 1 saturated heterocycles. The van der Waals surface area contributed by atoms with E-state index in [1.807, 2.05) is 43.3 Å². The SMILES string of the molecule is CCC1(C)C(=O)NC(=O)N1Cc1ccc2ccccc2n1. The molecule has 3 rings (SSSR count). The number of aromatic nitrogens is 1. The molecule has 1 aromatic carbocycles. The summed E-state index contributed by atoms with van der Waals surface area (Å²) < 4.78 is 0. The fourth-order valence-electron chi connectivity index (χ4n) is 2.60. The molecule has 21 heavy (non-hydrogen) atoms. The van der Waals surface area contributed by atoms with Crippen molar-refractivity contribution in [3.8, 4) is 0 Å². The monoisotopic (exact) mass is 283 g/mol.